The second-order valence-electron chi connectivity index (χ2n) is 4.43. The Hall–Kier alpha value is -3.16. The van der Waals surface area contributed by atoms with Gasteiger partial charge in [0.25, 0.3) is 5.91 Å². The van der Waals surface area contributed by atoms with E-state index in [1.54, 1.807) is 18.6 Å². The lowest BCUT2D eigenvalue weighted by Crippen LogP contribution is -2.14. The highest BCUT2D eigenvalue weighted by Gasteiger charge is 2.11. The molecule has 2 aromatic heterocycles. The van der Waals surface area contributed by atoms with Gasteiger partial charge in [0, 0.05) is 24.6 Å². The van der Waals surface area contributed by atoms with E-state index in [1.807, 2.05) is 29.0 Å². The highest BCUT2D eigenvalue weighted by atomic mass is 16.2. The third-order valence-corrected chi connectivity index (χ3v) is 2.83. The zero-order valence-corrected chi connectivity index (χ0v) is 11.0. The largest absolute Gasteiger partial charge is 0.366 e. The summed E-state index contributed by atoms with van der Waals surface area (Å²) in [5, 5.41) is 8.82. The summed E-state index contributed by atoms with van der Waals surface area (Å²) in [4.78, 5) is 19.7. The number of aromatic nitrogens is 5. The minimum atomic E-state index is -0.390. The monoisotopic (exact) mass is 283 g/mol. The summed E-state index contributed by atoms with van der Waals surface area (Å²) in [7, 11) is 0. The van der Waals surface area contributed by atoms with Crippen molar-refractivity contribution in [2.24, 2.45) is 0 Å². The SMILES string of the molecule is Nc1n[nH]c(C(=O)Nc2cccc(Cn3ccnc3)c2)n1. The minimum absolute atomic E-state index is 0.0361. The van der Waals surface area contributed by atoms with Crippen LogP contribution in [0.2, 0.25) is 0 Å². The number of amides is 1. The molecule has 0 saturated heterocycles. The fraction of sp³-hybridized carbons (Fsp3) is 0.0769. The molecule has 4 N–H and O–H groups in total. The van der Waals surface area contributed by atoms with Crippen LogP contribution in [0.5, 0.6) is 0 Å². The van der Waals surface area contributed by atoms with Crippen LogP contribution in [0.4, 0.5) is 11.6 Å². The molecule has 0 radical (unpaired) electrons. The molecule has 0 aliphatic rings. The van der Waals surface area contributed by atoms with Gasteiger partial charge in [0.15, 0.2) is 0 Å². The van der Waals surface area contributed by atoms with E-state index in [4.69, 9.17) is 5.73 Å². The second-order valence-corrected chi connectivity index (χ2v) is 4.43. The normalized spacial score (nSPS) is 10.5. The molecule has 106 valence electrons. The maximum absolute atomic E-state index is 11.9. The molecule has 3 aromatic rings. The summed E-state index contributed by atoms with van der Waals surface area (Å²) in [5.74, 6) is -0.277. The molecule has 0 spiro atoms. The van der Waals surface area contributed by atoms with Gasteiger partial charge < -0.3 is 15.6 Å². The lowest BCUT2D eigenvalue weighted by Gasteiger charge is -2.06. The van der Waals surface area contributed by atoms with Crippen molar-refractivity contribution in [2.75, 3.05) is 11.1 Å². The van der Waals surface area contributed by atoms with E-state index in [0.29, 0.717) is 12.2 Å². The summed E-state index contributed by atoms with van der Waals surface area (Å²) in [5.41, 5.74) is 7.09. The van der Waals surface area contributed by atoms with Crippen molar-refractivity contribution in [3.05, 3.63) is 54.4 Å². The smallest absolute Gasteiger partial charge is 0.293 e. The lowest BCUT2D eigenvalue weighted by molar-refractivity contribution is 0.101. The average molecular weight is 283 g/mol. The van der Waals surface area contributed by atoms with Gasteiger partial charge in [0.1, 0.15) is 0 Å². The molecule has 8 heteroatoms. The first kappa shape index (κ1) is 12.9. The van der Waals surface area contributed by atoms with E-state index in [9.17, 15) is 4.79 Å². The number of carbonyl (C=O) groups excluding carboxylic acids is 1. The Morgan fingerprint density at radius 2 is 2.33 bits per heavy atom. The zero-order chi connectivity index (χ0) is 14.7. The standard InChI is InChI=1S/C13H13N7O/c14-13-17-11(18-19-13)12(21)16-10-3-1-2-9(6-10)7-20-5-4-15-8-20/h1-6,8H,7H2,(H,16,21)(H3,14,17,18,19). The number of nitrogens with zero attached hydrogens (tertiary/aromatic N) is 4. The topological polar surface area (TPSA) is 115 Å². The molecule has 0 atom stereocenters. The van der Waals surface area contributed by atoms with E-state index in [1.165, 1.54) is 0 Å². The van der Waals surface area contributed by atoms with Crippen LogP contribution in [0.3, 0.4) is 0 Å². The second kappa shape index (κ2) is 5.45. The molecule has 0 saturated carbocycles. The molecule has 3 rings (SSSR count). The molecule has 1 aromatic carbocycles. The number of nitrogen functional groups attached to an aromatic ring is 1. The molecule has 8 nitrogen and oxygen atoms in total. The summed E-state index contributed by atoms with van der Waals surface area (Å²) < 4.78 is 1.94. The maximum atomic E-state index is 11.9. The predicted octanol–water partition coefficient (Wildman–Crippen LogP) is 0.884. The van der Waals surface area contributed by atoms with E-state index in [2.05, 4.69) is 25.5 Å². The van der Waals surface area contributed by atoms with Crippen LogP contribution in [0.15, 0.2) is 43.0 Å². The van der Waals surface area contributed by atoms with Gasteiger partial charge >= 0.3 is 0 Å². The van der Waals surface area contributed by atoms with Crippen LogP contribution in [-0.2, 0) is 6.54 Å². The third kappa shape index (κ3) is 3.06. The van der Waals surface area contributed by atoms with Crippen LogP contribution >= 0.6 is 0 Å². The first-order chi connectivity index (χ1) is 10.2. The molecule has 0 fully saturated rings. The summed E-state index contributed by atoms with van der Waals surface area (Å²) >= 11 is 0. The Labute approximate surface area is 120 Å². The van der Waals surface area contributed by atoms with Crippen molar-refractivity contribution in [1.29, 1.82) is 0 Å². The number of hydrogen-bond donors (Lipinski definition) is 3. The molecule has 1 amide bonds. The highest BCUT2D eigenvalue weighted by molar-refractivity contribution is 6.01. The Morgan fingerprint density at radius 3 is 3.05 bits per heavy atom. The number of carbonyl (C=O) groups is 1. The zero-order valence-electron chi connectivity index (χ0n) is 11.0. The van der Waals surface area contributed by atoms with E-state index in [0.717, 1.165) is 5.56 Å². The average Bonchev–Trinajstić information content (AvgIpc) is 3.11. The fourth-order valence-electron chi connectivity index (χ4n) is 1.91. The van der Waals surface area contributed by atoms with Crippen LogP contribution in [0.1, 0.15) is 16.2 Å². The van der Waals surface area contributed by atoms with Gasteiger partial charge in [-0.2, -0.15) is 4.98 Å². The number of H-pyrrole nitrogens is 1. The molecule has 0 aliphatic heterocycles. The number of imidazole rings is 1. The Bertz CT molecular complexity index is 747. The number of nitrogens with two attached hydrogens (primary N) is 1. The van der Waals surface area contributed by atoms with Crippen molar-refractivity contribution in [3.63, 3.8) is 0 Å². The van der Waals surface area contributed by atoms with Crippen molar-refractivity contribution < 1.29 is 4.79 Å². The van der Waals surface area contributed by atoms with Gasteiger partial charge in [-0.1, -0.05) is 12.1 Å². The van der Waals surface area contributed by atoms with Crippen LogP contribution in [0.25, 0.3) is 0 Å². The number of benzene rings is 1. The van der Waals surface area contributed by atoms with Gasteiger partial charge in [-0.05, 0) is 17.7 Å². The van der Waals surface area contributed by atoms with Crippen LogP contribution in [0, 0.1) is 0 Å². The summed E-state index contributed by atoms with van der Waals surface area (Å²) in [6.07, 6.45) is 5.34. The first-order valence-electron chi connectivity index (χ1n) is 6.24. The molecule has 0 bridgehead atoms. The van der Waals surface area contributed by atoms with E-state index >= 15 is 0 Å². The van der Waals surface area contributed by atoms with Crippen molar-refractivity contribution >= 4 is 17.5 Å². The number of anilines is 2. The first-order valence-corrected chi connectivity index (χ1v) is 6.24. The maximum Gasteiger partial charge on any atom is 0.293 e. The third-order valence-electron chi connectivity index (χ3n) is 2.83. The van der Waals surface area contributed by atoms with Crippen molar-refractivity contribution in [1.82, 2.24) is 24.7 Å². The molecule has 21 heavy (non-hydrogen) atoms. The number of aromatic amines is 1. The Balaban J connectivity index is 1.72. The number of hydrogen-bond acceptors (Lipinski definition) is 5. The fourth-order valence-corrected chi connectivity index (χ4v) is 1.91. The number of nitrogens with one attached hydrogen (secondary N) is 2. The van der Waals surface area contributed by atoms with E-state index in [-0.39, 0.29) is 17.7 Å². The predicted molar refractivity (Wildman–Crippen MR) is 76.5 cm³/mol. The van der Waals surface area contributed by atoms with Gasteiger partial charge in [-0.3, -0.25) is 9.89 Å². The molecular weight excluding hydrogens is 270 g/mol. The molecule has 0 unspecified atom stereocenters. The van der Waals surface area contributed by atoms with Crippen LogP contribution in [-0.4, -0.2) is 30.6 Å². The van der Waals surface area contributed by atoms with Crippen LogP contribution < -0.4 is 11.1 Å². The minimum Gasteiger partial charge on any atom is -0.366 e. The van der Waals surface area contributed by atoms with Gasteiger partial charge in [0.05, 0.1) is 6.33 Å². The summed E-state index contributed by atoms with van der Waals surface area (Å²) in [6.45, 7) is 0.680. The van der Waals surface area contributed by atoms with Crippen molar-refractivity contribution in [3.8, 4) is 0 Å². The van der Waals surface area contributed by atoms with Crippen molar-refractivity contribution in [2.45, 2.75) is 6.54 Å². The Kier molecular flexibility index (Phi) is 3.34. The van der Waals surface area contributed by atoms with Gasteiger partial charge in [-0.25, -0.2) is 4.98 Å². The molecular formula is C13H13N7O. The quantitative estimate of drug-likeness (QED) is 0.657. The molecule has 0 aliphatic carbocycles. The summed E-state index contributed by atoms with van der Waals surface area (Å²) in [6, 6.07) is 7.53. The molecule has 2 heterocycles. The lowest BCUT2D eigenvalue weighted by atomic mass is 10.2. The number of rotatable bonds is 4. The van der Waals surface area contributed by atoms with Gasteiger partial charge in [-0.15, -0.1) is 5.10 Å². The van der Waals surface area contributed by atoms with Gasteiger partial charge in [0.2, 0.25) is 11.8 Å². The highest BCUT2D eigenvalue weighted by Crippen LogP contribution is 2.12. The Morgan fingerprint density at radius 1 is 1.43 bits per heavy atom. The van der Waals surface area contributed by atoms with E-state index < -0.39 is 0 Å².